The monoisotopic (exact) mass is 284 g/mol. The Labute approximate surface area is 149 Å². The third-order valence-corrected chi connectivity index (χ3v) is 2.52. The van der Waals surface area contributed by atoms with Gasteiger partial charge in [0.2, 0.25) is 0 Å². The van der Waals surface area contributed by atoms with Crippen LogP contribution in [0, 0.1) is 6.92 Å². The van der Waals surface area contributed by atoms with Crippen molar-refractivity contribution in [2.75, 3.05) is 6.61 Å². The van der Waals surface area contributed by atoms with E-state index in [1.807, 2.05) is 6.92 Å². The molecule has 0 saturated carbocycles. The number of unbranched alkanes of at least 4 members (excludes halogenated alkanes) is 2. The normalized spacial score (nSPS) is 10.9. The summed E-state index contributed by atoms with van der Waals surface area (Å²) in [6.45, 7) is -0.980. The van der Waals surface area contributed by atoms with Crippen LogP contribution in [0.5, 0.6) is 5.75 Å². The fourth-order valence-corrected chi connectivity index (χ4v) is 1.59. The average molecular weight is 284 g/mol. The van der Waals surface area contributed by atoms with Gasteiger partial charge < -0.3 is 17.7 Å². The maximum absolute atomic E-state index is 12.8. The maximum Gasteiger partial charge on any atom is 1.00 e. The minimum atomic E-state index is -5.01. The summed E-state index contributed by atoms with van der Waals surface area (Å²) in [6, 6.07) is 4.20. The molecule has 0 atom stereocenters. The Balaban J connectivity index is 0.00000289. The van der Waals surface area contributed by atoms with Crippen LogP contribution in [0.25, 0.3) is 0 Å². The SMILES string of the molecule is CCCCCOc1ccc(C)cc1[B-](F)(F)F.[K+]. The molecule has 96 valence electrons. The second kappa shape index (κ2) is 8.64. The van der Waals surface area contributed by atoms with Crippen molar-refractivity contribution in [3.8, 4) is 5.75 Å². The number of ether oxygens (including phenoxy) is 1. The third-order valence-electron chi connectivity index (χ3n) is 2.52. The zero-order chi connectivity index (χ0) is 12.9. The molecule has 0 aliphatic rings. The van der Waals surface area contributed by atoms with Crippen molar-refractivity contribution in [3.63, 3.8) is 0 Å². The summed E-state index contributed by atoms with van der Waals surface area (Å²) in [6.07, 6.45) is 2.78. The summed E-state index contributed by atoms with van der Waals surface area (Å²) in [5.74, 6) is -0.0424. The van der Waals surface area contributed by atoms with Crippen molar-refractivity contribution in [3.05, 3.63) is 23.8 Å². The van der Waals surface area contributed by atoms with Crippen molar-refractivity contribution in [1.29, 1.82) is 0 Å². The molecule has 1 aromatic carbocycles. The number of benzene rings is 1. The molecule has 0 bridgehead atoms. The predicted octanol–water partition coefficient (Wildman–Crippen LogP) is 0.622. The van der Waals surface area contributed by atoms with Crippen LogP contribution in [0.15, 0.2) is 18.2 Å². The molecule has 0 radical (unpaired) electrons. The summed E-state index contributed by atoms with van der Waals surface area (Å²) in [5.41, 5.74) is -0.0263. The summed E-state index contributed by atoms with van der Waals surface area (Å²) in [7, 11) is 0. The van der Waals surface area contributed by atoms with Crippen LogP contribution in [0.3, 0.4) is 0 Å². The Bertz CT molecular complexity index is 369. The van der Waals surface area contributed by atoms with Crippen molar-refractivity contribution in [2.45, 2.75) is 33.1 Å². The number of hydrogen-bond acceptors (Lipinski definition) is 1. The molecule has 0 heterocycles. The molecule has 0 unspecified atom stereocenters. The quantitative estimate of drug-likeness (QED) is 0.550. The molecule has 1 nitrogen and oxygen atoms in total. The minimum Gasteiger partial charge on any atom is -0.497 e. The van der Waals surface area contributed by atoms with Crippen LogP contribution in [-0.2, 0) is 0 Å². The van der Waals surface area contributed by atoms with Crippen LogP contribution in [0.4, 0.5) is 12.9 Å². The maximum atomic E-state index is 12.8. The largest absolute Gasteiger partial charge is 1.00 e. The van der Waals surface area contributed by atoms with Crippen LogP contribution in [-0.4, -0.2) is 13.6 Å². The molecule has 0 saturated heterocycles. The van der Waals surface area contributed by atoms with Gasteiger partial charge in [0.1, 0.15) is 0 Å². The summed E-state index contributed by atoms with van der Waals surface area (Å²) in [4.78, 5) is 0. The number of aryl methyl sites for hydroxylation is 1. The first-order chi connectivity index (χ1) is 7.95. The van der Waals surface area contributed by atoms with E-state index >= 15 is 0 Å². The molecule has 6 heteroatoms. The fraction of sp³-hybridized carbons (Fsp3) is 0.500. The molecule has 0 N–H and O–H groups in total. The molecular formula is C12H17BF3KO. The minimum absolute atomic E-state index is 0. The Morgan fingerprint density at radius 2 is 1.83 bits per heavy atom. The molecule has 0 fully saturated rings. The molecule has 1 aromatic rings. The van der Waals surface area contributed by atoms with Gasteiger partial charge in [-0.1, -0.05) is 42.9 Å². The van der Waals surface area contributed by atoms with E-state index < -0.39 is 12.4 Å². The van der Waals surface area contributed by atoms with Gasteiger partial charge in [-0.15, -0.1) is 0 Å². The molecule has 0 aliphatic carbocycles. The zero-order valence-electron chi connectivity index (χ0n) is 11.2. The van der Waals surface area contributed by atoms with Gasteiger partial charge in [-0.2, -0.15) is 0 Å². The third kappa shape index (κ3) is 6.10. The summed E-state index contributed by atoms with van der Waals surface area (Å²) >= 11 is 0. The van der Waals surface area contributed by atoms with Crippen LogP contribution >= 0.6 is 0 Å². The zero-order valence-corrected chi connectivity index (χ0v) is 14.3. The van der Waals surface area contributed by atoms with Crippen LogP contribution < -0.4 is 61.6 Å². The van der Waals surface area contributed by atoms with Gasteiger partial charge in [-0.3, -0.25) is 0 Å². The standard InChI is InChI=1S/C12H17BF3O.K/c1-3-4-5-8-17-12-7-6-10(2)9-11(12)13(14,15)16;/h6-7,9H,3-5,8H2,1-2H3;/q-1;+1. The van der Waals surface area contributed by atoms with Crippen LogP contribution in [0.2, 0.25) is 0 Å². The first-order valence-corrected chi connectivity index (χ1v) is 5.88. The van der Waals surface area contributed by atoms with Crippen molar-refractivity contribution in [1.82, 2.24) is 0 Å². The van der Waals surface area contributed by atoms with E-state index in [0.717, 1.165) is 25.3 Å². The van der Waals surface area contributed by atoms with Gasteiger partial charge in [0.25, 0.3) is 0 Å². The van der Waals surface area contributed by atoms with E-state index in [0.29, 0.717) is 12.2 Å². The van der Waals surface area contributed by atoms with Crippen molar-refractivity contribution < 1.29 is 69.1 Å². The summed E-state index contributed by atoms with van der Waals surface area (Å²) in [5, 5.41) is 0. The van der Waals surface area contributed by atoms with Crippen molar-refractivity contribution in [2.24, 2.45) is 0 Å². The van der Waals surface area contributed by atoms with E-state index in [-0.39, 0.29) is 57.1 Å². The second-order valence-corrected chi connectivity index (χ2v) is 4.17. The Hall–Kier alpha value is 0.511. The van der Waals surface area contributed by atoms with Gasteiger partial charge in [0.05, 0.1) is 12.4 Å². The molecular weight excluding hydrogens is 267 g/mol. The van der Waals surface area contributed by atoms with Crippen LogP contribution in [0.1, 0.15) is 31.7 Å². The average Bonchev–Trinajstić information content (AvgIpc) is 2.25. The van der Waals surface area contributed by atoms with Gasteiger partial charge in [-0.05, 0) is 19.4 Å². The Morgan fingerprint density at radius 3 is 2.39 bits per heavy atom. The van der Waals surface area contributed by atoms with Gasteiger partial charge in [0, 0.05) is 0 Å². The molecule has 0 aromatic heterocycles. The number of rotatable bonds is 6. The topological polar surface area (TPSA) is 9.23 Å². The fourth-order valence-electron chi connectivity index (χ4n) is 1.59. The molecule has 0 spiro atoms. The van der Waals surface area contributed by atoms with Gasteiger partial charge >= 0.3 is 58.4 Å². The predicted molar refractivity (Wildman–Crippen MR) is 64.9 cm³/mol. The van der Waals surface area contributed by atoms with E-state index in [9.17, 15) is 12.9 Å². The molecule has 0 aliphatic heterocycles. The van der Waals surface area contributed by atoms with E-state index in [4.69, 9.17) is 4.74 Å². The first-order valence-electron chi connectivity index (χ1n) is 5.88. The molecule has 18 heavy (non-hydrogen) atoms. The van der Waals surface area contributed by atoms with Gasteiger partial charge in [-0.25, -0.2) is 0 Å². The van der Waals surface area contributed by atoms with E-state index in [1.165, 1.54) is 6.07 Å². The smallest absolute Gasteiger partial charge is 0.497 e. The molecule has 1 rings (SSSR count). The Morgan fingerprint density at radius 1 is 1.17 bits per heavy atom. The summed E-state index contributed by atoms with van der Waals surface area (Å²) < 4.78 is 43.6. The van der Waals surface area contributed by atoms with E-state index in [2.05, 4.69) is 0 Å². The van der Waals surface area contributed by atoms with Crippen molar-refractivity contribution >= 4 is 12.4 Å². The number of hydrogen-bond donors (Lipinski definition) is 0. The second-order valence-electron chi connectivity index (χ2n) is 4.17. The first kappa shape index (κ1) is 18.5. The number of halogens is 3. The van der Waals surface area contributed by atoms with Gasteiger partial charge in [0.15, 0.2) is 0 Å². The Kier molecular flexibility index (Phi) is 8.88. The van der Waals surface area contributed by atoms with E-state index in [1.54, 1.807) is 13.0 Å². The molecule has 0 amide bonds.